The van der Waals surface area contributed by atoms with E-state index in [9.17, 15) is 9.59 Å². The smallest absolute Gasteiger partial charge is 0.407 e. The van der Waals surface area contributed by atoms with E-state index in [2.05, 4.69) is 16.6 Å². The molecule has 0 saturated heterocycles. The van der Waals surface area contributed by atoms with Gasteiger partial charge in [0.1, 0.15) is 0 Å². The predicted molar refractivity (Wildman–Crippen MR) is 48.0 cm³/mol. The first-order valence-electron chi connectivity index (χ1n) is 3.87. The Balaban J connectivity index is 3.95. The molecule has 0 aromatic heterocycles. The molecule has 0 saturated carbocycles. The summed E-state index contributed by atoms with van der Waals surface area (Å²) in [6.07, 6.45) is 0.677. The maximum absolute atomic E-state index is 10.7. The summed E-state index contributed by atoms with van der Waals surface area (Å²) in [6, 6.07) is -1.11. The average Bonchev–Trinajstić information content (AvgIpc) is 2.16. The van der Waals surface area contributed by atoms with Gasteiger partial charge in [0.15, 0.2) is 6.04 Å². The Bertz CT molecular complexity index is 216. The summed E-state index contributed by atoms with van der Waals surface area (Å²) in [5, 5.41) is 10.7. The van der Waals surface area contributed by atoms with Crippen molar-refractivity contribution in [2.24, 2.45) is 0 Å². The van der Waals surface area contributed by atoms with Crippen molar-refractivity contribution in [1.82, 2.24) is 5.32 Å². The highest BCUT2D eigenvalue weighted by Gasteiger charge is 2.19. The summed E-state index contributed by atoms with van der Waals surface area (Å²) >= 11 is 0. The van der Waals surface area contributed by atoms with Gasteiger partial charge in [-0.3, -0.25) is 0 Å². The van der Waals surface area contributed by atoms with E-state index in [1.165, 1.54) is 6.08 Å². The molecular formula is C8H13NO5. The number of hydrogen-bond donors (Lipinski definition) is 2. The molecule has 0 aliphatic carbocycles. The van der Waals surface area contributed by atoms with Crippen LogP contribution in [-0.2, 0) is 14.3 Å². The number of methoxy groups -OCH3 is 1. The second-order valence-electron chi connectivity index (χ2n) is 2.35. The molecule has 80 valence electrons. The van der Waals surface area contributed by atoms with Gasteiger partial charge >= 0.3 is 12.1 Å². The van der Waals surface area contributed by atoms with Crippen LogP contribution < -0.4 is 5.32 Å². The fraction of sp³-hybridized carbons (Fsp3) is 0.500. The molecule has 0 bridgehead atoms. The number of amides is 1. The first kappa shape index (κ1) is 12.4. The average molecular weight is 203 g/mol. The Hall–Kier alpha value is -1.56. The number of alkyl carbamates (subject to hydrolysis) is 1. The van der Waals surface area contributed by atoms with Gasteiger partial charge in [0.2, 0.25) is 0 Å². The van der Waals surface area contributed by atoms with Crippen molar-refractivity contribution < 1.29 is 24.2 Å². The van der Waals surface area contributed by atoms with Crippen LogP contribution >= 0.6 is 0 Å². The minimum Gasteiger partial charge on any atom is -0.480 e. The van der Waals surface area contributed by atoms with Crippen LogP contribution in [0, 0.1) is 0 Å². The van der Waals surface area contributed by atoms with Crippen LogP contribution in [0.3, 0.4) is 0 Å². The molecule has 0 aliphatic heterocycles. The first-order valence-corrected chi connectivity index (χ1v) is 3.87. The number of carbonyl (C=O) groups is 2. The van der Waals surface area contributed by atoms with E-state index in [0.717, 1.165) is 7.11 Å². The second kappa shape index (κ2) is 6.90. The van der Waals surface area contributed by atoms with Crippen LogP contribution in [0.5, 0.6) is 0 Å². The van der Waals surface area contributed by atoms with Crippen LogP contribution in [0.2, 0.25) is 0 Å². The molecule has 0 spiro atoms. The molecule has 0 heterocycles. The van der Waals surface area contributed by atoms with Crippen molar-refractivity contribution in [2.75, 3.05) is 20.3 Å². The zero-order valence-electron chi connectivity index (χ0n) is 7.86. The fourth-order valence-electron chi connectivity index (χ4n) is 0.645. The van der Waals surface area contributed by atoms with E-state index in [-0.39, 0.29) is 13.2 Å². The summed E-state index contributed by atoms with van der Waals surface area (Å²) in [4.78, 5) is 21.3. The molecule has 0 fully saturated rings. The Labute approximate surface area is 81.5 Å². The number of aliphatic carboxylic acids is 1. The lowest BCUT2D eigenvalue weighted by Gasteiger charge is -2.12. The summed E-state index contributed by atoms with van der Waals surface area (Å²) in [7, 11) is 1.15. The van der Waals surface area contributed by atoms with Crippen molar-refractivity contribution >= 4 is 12.1 Å². The molecule has 6 nitrogen and oxygen atoms in total. The standard InChI is InChI=1S/C8H13NO5/c1-3-4-14-5-6(7(10)11)9-8(12)13-2/h3,6H,1,4-5H2,2H3,(H,9,12)(H,10,11). The highest BCUT2D eigenvalue weighted by molar-refractivity contribution is 5.79. The van der Waals surface area contributed by atoms with Crippen molar-refractivity contribution in [3.05, 3.63) is 12.7 Å². The lowest BCUT2D eigenvalue weighted by Crippen LogP contribution is -2.43. The maximum Gasteiger partial charge on any atom is 0.407 e. The van der Waals surface area contributed by atoms with Crippen LogP contribution in [0.15, 0.2) is 12.7 Å². The van der Waals surface area contributed by atoms with Gasteiger partial charge in [-0.05, 0) is 0 Å². The summed E-state index contributed by atoms with van der Waals surface area (Å²) in [6.45, 7) is 3.50. The Morgan fingerprint density at radius 2 is 2.29 bits per heavy atom. The third kappa shape index (κ3) is 5.15. The van der Waals surface area contributed by atoms with E-state index in [4.69, 9.17) is 9.84 Å². The van der Waals surface area contributed by atoms with Gasteiger partial charge in [-0.2, -0.15) is 0 Å². The molecule has 0 aromatic rings. The number of ether oxygens (including phenoxy) is 2. The summed E-state index contributed by atoms with van der Waals surface area (Å²) < 4.78 is 9.13. The van der Waals surface area contributed by atoms with Gasteiger partial charge in [0, 0.05) is 0 Å². The van der Waals surface area contributed by atoms with Crippen molar-refractivity contribution in [3.63, 3.8) is 0 Å². The molecule has 14 heavy (non-hydrogen) atoms. The summed E-state index contributed by atoms with van der Waals surface area (Å²) in [5.41, 5.74) is 0. The normalized spacial score (nSPS) is 11.5. The zero-order chi connectivity index (χ0) is 11.0. The monoisotopic (exact) mass is 203 g/mol. The molecule has 2 N–H and O–H groups in total. The number of rotatable bonds is 6. The lowest BCUT2D eigenvalue weighted by atomic mass is 10.3. The van der Waals surface area contributed by atoms with Gasteiger partial charge in [0.25, 0.3) is 0 Å². The van der Waals surface area contributed by atoms with Crippen molar-refractivity contribution in [2.45, 2.75) is 6.04 Å². The SMILES string of the molecule is C=CCOCC(NC(=O)OC)C(=O)O. The van der Waals surface area contributed by atoms with Gasteiger partial charge in [-0.1, -0.05) is 6.08 Å². The van der Waals surface area contributed by atoms with E-state index in [0.29, 0.717) is 0 Å². The minimum absolute atomic E-state index is 0.129. The molecule has 0 radical (unpaired) electrons. The topological polar surface area (TPSA) is 84.9 Å². The number of carboxylic acids is 1. The molecular weight excluding hydrogens is 190 g/mol. The van der Waals surface area contributed by atoms with Crippen LogP contribution in [0.1, 0.15) is 0 Å². The quantitative estimate of drug-likeness (QED) is 0.468. The Kier molecular flexibility index (Phi) is 6.13. The van der Waals surface area contributed by atoms with Crippen LogP contribution in [0.4, 0.5) is 4.79 Å². The van der Waals surface area contributed by atoms with E-state index in [1.807, 2.05) is 0 Å². The molecule has 0 aliphatic rings. The van der Waals surface area contributed by atoms with E-state index >= 15 is 0 Å². The lowest BCUT2D eigenvalue weighted by molar-refractivity contribution is -0.140. The van der Waals surface area contributed by atoms with E-state index < -0.39 is 18.1 Å². The number of nitrogens with one attached hydrogen (secondary N) is 1. The molecule has 6 heteroatoms. The van der Waals surface area contributed by atoms with Gasteiger partial charge in [-0.15, -0.1) is 6.58 Å². The molecule has 0 rings (SSSR count). The van der Waals surface area contributed by atoms with E-state index in [1.54, 1.807) is 0 Å². The summed E-state index contributed by atoms with van der Waals surface area (Å²) in [5.74, 6) is -1.18. The molecule has 1 unspecified atom stereocenters. The number of carbonyl (C=O) groups excluding carboxylic acids is 1. The second-order valence-corrected chi connectivity index (χ2v) is 2.35. The zero-order valence-corrected chi connectivity index (χ0v) is 7.86. The number of hydrogen-bond acceptors (Lipinski definition) is 4. The van der Waals surface area contributed by atoms with Crippen LogP contribution in [0.25, 0.3) is 0 Å². The highest BCUT2D eigenvalue weighted by atomic mass is 16.5. The highest BCUT2D eigenvalue weighted by Crippen LogP contribution is 1.88. The maximum atomic E-state index is 10.7. The number of carboxylic acid groups (broad SMARTS) is 1. The third-order valence-corrected chi connectivity index (χ3v) is 1.30. The van der Waals surface area contributed by atoms with Gasteiger partial charge in [0.05, 0.1) is 20.3 Å². The van der Waals surface area contributed by atoms with Gasteiger partial charge < -0.3 is 19.9 Å². The molecule has 1 atom stereocenters. The largest absolute Gasteiger partial charge is 0.480 e. The Morgan fingerprint density at radius 1 is 1.64 bits per heavy atom. The van der Waals surface area contributed by atoms with Gasteiger partial charge in [-0.25, -0.2) is 9.59 Å². The Morgan fingerprint density at radius 3 is 2.71 bits per heavy atom. The van der Waals surface area contributed by atoms with Crippen LogP contribution in [-0.4, -0.2) is 43.5 Å². The minimum atomic E-state index is -1.18. The third-order valence-electron chi connectivity index (χ3n) is 1.30. The molecule has 1 amide bonds. The van der Waals surface area contributed by atoms with Crippen molar-refractivity contribution in [3.8, 4) is 0 Å². The fourth-order valence-corrected chi connectivity index (χ4v) is 0.645. The molecule has 0 aromatic carbocycles. The predicted octanol–water partition coefficient (Wildman–Crippen LogP) is -0.00180. The van der Waals surface area contributed by atoms with Crippen molar-refractivity contribution in [1.29, 1.82) is 0 Å². The first-order chi connectivity index (χ1) is 6.61.